The molecule has 0 radical (unpaired) electrons. The molecule has 96 valence electrons. The Labute approximate surface area is 107 Å². The number of fused-ring (bicyclic) bond motifs is 1. The van der Waals surface area contributed by atoms with E-state index < -0.39 is 12.2 Å². The summed E-state index contributed by atoms with van der Waals surface area (Å²) in [5.74, 6) is 0. The van der Waals surface area contributed by atoms with Crippen LogP contribution in [0.25, 0.3) is 10.8 Å². The van der Waals surface area contributed by atoms with Gasteiger partial charge in [0.15, 0.2) is 0 Å². The average Bonchev–Trinajstić information content (AvgIpc) is 2.37. The zero-order valence-corrected chi connectivity index (χ0v) is 10.5. The molecule has 0 saturated heterocycles. The first-order chi connectivity index (χ1) is 8.66. The van der Waals surface area contributed by atoms with Gasteiger partial charge in [0.25, 0.3) is 0 Å². The van der Waals surface area contributed by atoms with E-state index in [-0.39, 0.29) is 0 Å². The van der Waals surface area contributed by atoms with Gasteiger partial charge in [-0.2, -0.15) is 0 Å². The highest BCUT2D eigenvalue weighted by Gasteiger charge is 2.08. The molecule has 0 aliphatic heterocycles. The first-order valence-electron chi connectivity index (χ1n) is 6.22. The molecule has 0 fully saturated rings. The Balaban J connectivity index is 2.06. The van der Waals surface area contributed by atoms with Crippen molar-refractivity contribution in [2.24, 2.45) is 0 Å². The van der Waals surface area contributed by atoms with Crippen LogP contribution in [0.15, 0.2) is 42.5 Å². The lowest BCUT2D eigenvalue weighted by Crippen LogP contribution is -2.28. The van der Waals surface area contributed by atoms with Gasteiger partial charge < -0.3 is 15.5 Å². The molecule has 2 aromatic rings. The van der Waals surface area contributed by atoms with Gasteiger partial charge in [0.2, 0.25) is 0 Å². The first kappa shape index (κ1) is 13.0. The molecule has 0 spiro atoms. The van der Waals surface area contributed by atoms with Crippen LogP contribution >= 0.6 is 0 Å². The Kier molecular flexibility index (Phi) is 4.31. The van der Waals surface area contributed by atoms with Gasteiger partial charge in [0.1, 0.15) is 0 Å². The monoisotopic (exact) mass is 245 g/mol. The Morgan fingerprint density at radius 1 is 1.00 bits per heavy atom. The van der Waals surface area contributed by atoms with Crippen molar-refractivity contribution in [2.75, 3.05) is 13.1 Å². The molecule has 0 aliphatic rings. The predicted octanol–water partition coefficient (Wildman–Crippen LogP) is 1.84. The molecular formula is C15H19NO2. The fourth-order valence-corrected chi connectivity index (χ4v) is 1.96. The molecule has 0 heterocycles. The molecule has 18 heavy (non-hydrogen) atoms. The summed E-state index contributed by atoms with van der Waals surface area (Å²) in [6.45, 7) is 2.66. The van der Waals surface area contributed by atoms with Crippen LogP contribution < -0.4 is 5.32 Å². The molecule has 3 nitrogen and oxygen atoms in total. The highest BCUT2D eigenvalue weighted by Crippen LogP contribution is 2.19. The van der Waals surface area contributed by atoms with Crippen LogP contribution in [0, 0.1) is 0 Å². The molecule has 2 atom stereocenters. The van der Waals surface area contributed by atoms with Gasteiger partial charge in [-0.05, 0) is 29.3 Å². The second-order valence-corrected chi connectivity index (χ2v) is 4.63. The minimum absolute atomic E-state index is 0.395. The summed E-state index contributed by atoms with van der Waals surface area (Å²) in [7, 11) is 0. The summed E-state index contributed by atoms with van der Waals surface area (Å²) in [5, 5.41) is 24.5. The quantitative estimate of drug-likeness (QED) is 0.753. The topological polar surface area (TPSA) is 52.5 Å². The lowest BCUT2D eigenvalue weighted by molar-refractivity contribution is 0.155. The van der Waals surface area contributed by atoms with Crippen molar-refractivity contribution in [3.05, 3.63) is 48.0 Å². The summed E-state index contributed by atoms with van der Waals surface area (Å²) in [4.78, 5) is 0. The van der Waals surface area contributed by atoms with Crippen LogP contribution in [0.2, 0.25) is 0 Å². The second kappa shape index (κ2) is 5.96. The van der Waals surface area contributed by atoms with Crippen LogP contribution in [0.1, 0.15) is 18.6 Å². The van der Waals surface area contributed by atoms with Crippen molar-refractivity contribution in [1.29, 1.82) is 0 Å². The average molecular weight is 245 g/mol. The van der Waals surface area contributed by atoms with Crippen LogP contribution in [0.3, 0.4) is 0 Å². The van der Waals surface area contributed by atoms with Gasteiger partial charge in [-0.3, -0.25) is 0 Å². The van der Waals surface area contributed by atoms with Crippen LogP contribution in [-0.4, -0.2) is 29.4 Å². The van der Waals surface area contributed by atoms with Crippen molar-refractivity contribution in [3.63, 3.8) is 0 Å². The van der Waals surface area contributed by atoms with Crippen molar-refractivity contribution < 1.29 is 10.2 Å². The molecule has 3 N–H and O–H groups in total. The Hall–Kier alpha value is -1.42. The molecular weight excluding hydrogens is 226 g/mol. The summed E-state index contributed by atoms with van der Waals surface area (Å²) in [6.07, 6.45) is -0.942. The van der Waals surface area contributed by atoms with Crippen molar-refractivity contribution in [3.8, 4) is 0 Å². The van der Waals surface area contributed by atoms with E-state index in [0.717, 1.165) is 10.9 Å². The summed E-state index contributed by atoms with van der Waals surface area (Å²) >= 11 is 0. The maximum atomic E-state index is 10.0. The standard InChI is InChI=1S/C15H19NO2/c1-11(17)9-16-10-15(18)14-7-6-12-4-2-3-5-13(12)8-14/h2-8,11,15-18H,9-10H2,1H3. The molecule has 2 aromatic carbocycles. The van der Waals surface area contributed by atoms with E-state index in [0.29, 0.717) is 13.1 Å². The highest BCUT2D eigenvalue weighted by atomic mass is 16.3. The smallest absolute Gasteiger partial charge is 0.0914 e. The minimum Gasteiger partial charge on any atom is -0.392 e. The molecule has 2 unspecified atom stereocenters. The van der Waals surface area contributed by atoms with E-state index in [2.05, 4.69) is 11.4 Å². The van der Waals surface area contributed by atoms with Gasteiger partial charge >= 0.3 is 0 Å². The van der Waals surface area contributed by atoms with Crippen LogP contribution in [-0.2, 0) is 0 Å². The second-order valence-electron chi connectivity index (χ2n) is 4.63. The zero-order valence-electron chi connectivity index (χ0n) is 10.5. The third-order valence-corrected chi connectivity index (χ3v) is 2.94. The van der Waals surface area contributed by atoms with Crippen molar-refractivity contribution >= 4 is 10.8 Å². The van der Waals surface area contributed by atoms with Crippen LogP contribution in [0.4, 0.5) is 0 Å². The Morgan fingerprint density at radius 3 is 2.44 bits per heavy atom. The fraction of sp³-hybridized carbons (Fsp3) is 0.333. The van der Waals surface area contributed by atoms with E-state index in [1.165, 1.54) is 5.39 Å². The lowest BCUT2D eigenvalue weighted by Gasteiger charge is -2.14. The third kappa shape index (κ3) is 3.29. The minimum atomic E-state index is -0.548. The predicted molar refractivity (Wildman–Crippen MR) is 73.5 cm³/mol. The maximum Gasteiger partial charge on any atom is 0.0914 e. The molecule has 0 amide bonds. The van der Waals surface area contributed by atoms with Crippen LogP contribution in [0.5, 0.6) is 0 Å². The van der Waals surface area contributed by atoms with E-state index in [4.69, 9.17) is 5.11 Å². The van der Waals surface area contributed by atoms with Crippen molar-refractivity contribution in [2.45, 2.75) is 19.1 Å². The highest BCUT2D eigenvalue weighted by molar-refractivity contribution is 5.83. The SMILES string of the molecule is CC(O)CNCC(O)c1ccc2ccccc2c1. The lowest BCUT2D eigenvalue weighted by atomic mass is 10.0. The number of aliphatic hydroxyl groups excluding tert-OH is 2. The van der Waals surface area contributed by atoms with E-state index in [1.807, 2.05) is 36.4 Å². The fourth-order valence-electron chi connectivity index (χ4n) is 1.96. The molecule has 2 rings (SSSR count). The first-order valence-corrected chi connectivity index (χ1v) is 6.22. The van der Waals surface area contributed by atoms with E-state index in [1.54, 1.807) is 6.92 Å². The van der Waals surface area contributed by atoms with E-state index in [9.17, 15) is 5.11 Å². The third-order valence-electron chi connectivity index (χ3n) is 2.94. The number of aliphatic hydroxyl groups is 2. The number of nitrogens with one attached hydrogen (secondary N) is 1. The summed E-state index contributed by atoms with van der Waals surface area (Å²) in [5.41, 5.74) is 0.895. The summed E-state index contributed by atoms with van der Waals surface area (Å²) in [6, 6.07) is 14.0. The van der Waals surface area contributed by atoms with Gasteiger partial charge in [-0.25, -0.2) is 0 Å². The maximum absolute atomic E-state index is 10.0. The molecule has 3 heteroatoms. The van der Waals surface area contributed by atoms with Gasteiger partial charge in [0, 0.05) is 13.1 Å². The van der Waals surface area contributed by atoms with Crippen molar-refractivity contribution in [1.82, 2.24) is 5.32 Å². The summed E-state index contributed by atoms with van der Waals surface area (Å²) < 4.78 is 0. The Bertz CT molecular complexity index is 511. The number of rotatable bonds is 5. The molecule has 0 aromatic heterocycles. The number of hydrogen-bond donors (Lipinski definition) is 3. The molecule has 0 aliphatic carbocycles. The largest absolute Gasteiger partial charge is 0.392 e. The molecule has 0 bridgehead atoms. The number of benzene rings is 2. The van der Waals surface area contributed by atoms with E-state index >= 15 is 0 Å². The van der Waals surface area contributed by atoms with Gasteiger partial charge in [-0.15, -0.1) is 0 Å². The normalized spacial score (nSPS) is 14.6. The number of hydrogen-bond acceptors (Lipinski definition) is 3. The molecule has 0 saturated carbocycles. The Morgan fingerprint density at radius 2 is 1.72 bits per heavy atom. The van der Waals surface area contributed by atoms with Gasteiger partial charge in [0.05, 0.1) is 12.2 Å². The van der Waals surface area contributed by atoms with Gasteiger partial charge in [-0.1, -0.05) is 36.4 Å². The zero-order chi connectivity index (χ0) is 13.0.